The Kier molecular flexibility index (Phi) is 3.37. The lowest BCUT2D eigenvalue weighted by atomic mass is 9.62. The third-order valence-electron chi connectivity index (χ3n) is 5.22. The molecule has 1 aromatic heterocycles. The molecule has 122 valence electrons. The molecule has 0 spiro atoms. The lowest BCUT2D eigenvalue weighted by Crippen LogP contribution is -2.62. The fourth-order valence-corrected chi connectivity index (χ4v) is 4.34. The van der Waals surface area contributed by atoms with Crippen molar-refractivity contribution < 1.29 is 23.6 Å². The summed E-state index contributed by atoms with van der Waals surface area (Å²) in [4.78, 5) is 25.1. The molecule has 1 aromatic carbocycles. The summed E-state index contributed by atoms with van der Waals surface area (Å²) in [7, 11) is 2.73. The maximum atomic E-state index is 12.6. The van der Waals surface area contributed by atoms with Crippen molar-refractivity contribution in [2.24, 2.45) is 11.8 Å². The predicted octanol–water partition coefficient (Wildman–Crippen LogP) is 1.60. The van der Waals surface area contributed by atoms with Gasteiger partial charge in [-0.05, 0) is 5.56 Å². The van der Waals surface area contributed by atoms with Crippen molar-refractivity contribution in [3.8, 4) is 0 Å². The fourth-order valence-electron chi connectivity index (χ4n) is 4.34. The van der Waals surface area contributed by atoms with E-state index in [1.807, 2.05) is 48.7 Å². The van der Waals surface area contributed by atoms with E-state index in [0.717, 1.165) is 16.8 Å². The van der Waals surface area contributed by atoms with E-state index in [-0.39, 0.29) is 23.9 Å². The van der Waals surface area contributed by atoms with Gasteiger partial charge in [0.25, 0.3) is 0 Å². The van der Waals surface area contributed by atoms with Crippen LogP contribution in [0.2, 0.25) is 0 Å². The largest absolute Gasteiger partial charge is 0.469 e. The second kappa shape index (κ2) is 5.44. The van der Waals surface area contributed by atoms with Gasteiger partial charge in [0.2, 0.25) is 0 Å². The average molecular weight is 324 g/mol. The summed E-state index contributed by atoms with van der Waals surface area (Å²) in [6.45, 7) is 0. The van der Waals surface area contributed by atoms with Gasteiger partial charge in [-0.1, -0.05) is 30.3 Å². The number of pyridine rings is 1. The first-order chi connectivity index (χ1) is 11.7. The van der Waals surface area contributed by atoms with Crippen LogP contribution >= 0.6 is 0 Å². The molecule has 2 aliphatic heterocycles. The van der Waals surface area contributed by atoms with E-state index >= 15 is 0 Å². The van der Waals surface area contributed by atoms with Crippen molar-refractivity contribution >= 4 is 11.9 Å². The van der Waals surface area contributed by atoms with E-state index in [2.05, 4.69) is 4.57 Å². The molecular formula is C19H18NO4+. The van der Waals surface area contributed by atoms with Crippen LogP contribution in [0.4, 0.5) is 0 Å². The second-order valence-electron chi connectivity index (χ2n) is 6.18. The molecule has 3 aliphatic rings. The van der Waals surface area contributed by atoms with Crippen molar-refractivity contribution in [2.45, 2.75) is 12.0 Å². The van der Waals surface area contributed by atoms with Crippen LogP contribution in [0, 0.1) is 11.8 Å². The molecule has 0 saturated heterocycles. The Hall–Kier alpha value is -2.69. The van der Waals surface area contributed by atoms with Gasteiger partial charge in [0.05, 0.1) is 26.1 Å². The third kappa shape index (κ3) is 1.84. The normalized spacial score (nSPS) is 26.2. The number of ether oxygens (including phenoxy) is 2. The molecule has 0 N–H and O–H groups in total. The highest BCUT2D eigenvalue weighted by Gasteiger charge is 2.61. The molecule has 5 heteroatoms. The summed E-state index contributed by atoms with van der Waals surface area (Å²) in [5.41, 5.74) is 3.18. The van der Waals surface area contributed by atoms with Gasteiger partial charge in [0.15, 0.2) is 17.9 Å². The van der Waals surface area contributed by atoms with Crippen LogP contribution in [0.15, 0.2) is 48.7 Å². The van der Waals surface area contributed by atoms with E-state index in [1.165, 1.54) is 14.2 Å². The Morgan fingerprint density at radius 3 is 2.21 bits per heavy atom. The number of nitrogens with zero attached hydrogens (tertiary/aromatic N) is 1. The number of aromatic nitrogens is 1. The topological polar surface area (TPSA) is 56.5 Å². The summed E-state index contributed by atoms with van der Waals surface area (Å²) in [5, 5.41) is 0. The smallest absolute Gasteiger partial charge is 0.316 e. The second-order valence-corrected chi connectivity index (χ2v) is 6.18. The molecule has 0 radical (unpaired) electrons. The first kappa shape index (κ1) is 14.9. The minimum atomic E-state index is -0.595. The Bertz CT molecular complexity index is 716. The molecule has 0 fully saturated rings. The van der Waals surface area contributed by atoms with Crippen molar-refractivity contribution in [2.75, 3.05) is 14.2 Å². The molecule has 0 amide bonds. The highest BCUT2D eigenvalue weighted by molar-refractivity contribution is 5.85. The van der Waals surface area contributed by atoms with Gasteiger partial charge >= 0.3 is 11.9 Å². The Morgan fingerprint density at radius 1 is 0.875 bits per heavy atom. The number of esters is 2. The number of hydrogen-bond acceptors (Lipinski definition) is 4. The third-order valence-corrected chi connectivity index (χ3v) is 5.22. The maximum absolute atomic E-state index is 12.6. The minimum Gasteiger partial charge on any atom is -0.469 e. The van der Waals surface area contributed by atoms with Gasteiger partial charge in [-0.25, -0.2) is 0 Å². The predicted molar refractivity (Wildman–Crippen MR) is 84.1 cm³/mol. The Morgan fingerprint density at radius 2 is 1.50 bits per heavy atom. The lowest BCUT2D eigenvalue weighted by molar-refractivity contribution is -0.737. The number of hydrogen-bond donors (Lipinski definition) is 0. The van der Waals surface area contributed by atoms with Crippen molar-refractivity contribution in [1.29, 1.82) is 0 Å². The molecule has 0 unspecified atom stereocenters. The fraction of sp³-hybridized carbons (Fsp3) is 0.316. The van der Waals surface area contributed by atoms with E-state index < -0.39 is 11.8 Å². The molecule has 5 rings (SSSR count). The van der Waals surface area contributed by atoms with Gasteiger partial charge in [0, 0.05) is 17.7 Å². The Labute approximate surface area is 139 Å². The van der Waals surface area contributed by atoms with Crippen molar-refractivity contribution in [3.63, 3.8) is 0 Å². The standard InChI is InChI=1S/C19H18NO4/c1-23-18(21)15-14-11-7-3-4-8-12(11)17(16(15)19(22)24-2)20-10-6-5-9-13(14)20/h3-10,14-17H,1-2H3/q+1/t14-,15+,16-,17+/m1/s1. The van der Waals surface area contributed by atoms with E-state index in [9.17, 15) is 9.59 Å². The first-order valence-electron chi connectivity index (χ1n) is 7.93. The van der Waals surface area contributed by atoms with Crippen molar-refractivity contribution in [3.05, 3.63) is 65.5 Å². The van der Waals surface area contributed by atoms with E-state index in [0.29, 0.717) is 0 Å². The maximum Gasteiger partial charge on any atom is 0.316 e. The number of fused-ring (bicyclic) bond motifs is 1. The van der Waals surface area contributed by atoms with E-state index in [1.54, 1.807) is 0 Å². The number of benzene rings is 1. The van der Waals surface area contributed by atoms with Crippen LogP contribution in [0.25, 0.3) is 0 Å². The van der Waals surface area contributed by atoms with Gasteiger partial charge in [-0.2, -0.15) is 4.57 Å². The Balaban J connectivity index is 2.02. The minimum absolute atomic E-state index is 0.219. The molecule has 0 saturated carbocycles. The molecule has 1 aliphatic carbocycles. The van der Waals surface area contributed by atoms with Crippen molar-refractivity contribution in [1.82, 2.24) is 0 Å². The molecule has 3 heterocycles. The van der Waals surface area contributed by atoms with Crippen LogP contribution in [0.1, 0.15) is 28.8 Å². The van der Waals surface area contributed by atoms with Crippen LogP contribution in [0.5, 0.6) is 0 Å². The quantitative estimate of drug-likeness (QED) is 0.622. The molecular weight excluding hydrogens is 306 g/mol. The first-order valence-corrected chi connectivity index (χ1v) is 7.93. The summed E-state index contributed by atoms with van der Waals surface area (Å²) < 4.78 is 12.2. The number of carbonyl (C=O) groups is 2. The summed E-state index contributed by atoms with van der Waals surface area (Å²) >= 11 is 0. The van der Waals surface area contributed by atoms with Crippen LogP contribution in [-0.4, -0.2) is 26.2 Å². The zero-order valence-corrected chi connectivity index (χ0v) is 13.5. The number of carbonyl (C=O) groups excluding carboxylic acids is 2. The van der Waals surface area contributed by atoms with Gasteiger partial charge in [-0.15, -0.1) is 0 Å². The number of methoxy groups -OCH3 is 2. The lowest BCUT2D eigenvalue weighted by Gasteiger charge is -2.42. The molecule has 4 atom stereocenters. The monoisotopic (exact) mass is 324 g/mol. The van der Waals surface area contributed by atoms with Crippen LogP contribution in [0.3, 0.4) is 0 Å². The van der Waals surface area contributed by atoms with Gasteiger partial charge in [-0.3, -0.25) is 9.59 Å². The molecule has 24 heavy (non-hydrogen) atoms. The van der Waals surface area contributed by atoms with Crippen LogP contribution < -0.4 is 4.57 Å². The summed E-state index contributed by atoms with van der Waals surface area (Å²) in [6, 6.07) is 13.6. The SMILES string of the molecule is COC(=O)[C@@H]1[C@@H](C(=O)OC)[C@@H]2c3ccccc3[C@@H]1[n+]1ccccc12. The molecule has 5 nitrogen and oxygen atoms in total. The van der Waals surface area contributed by atoms with Crippen LogP contribution in [-0.2, 0) is 19.1 Å². The average Bonchev–Trinajstić information content (AvgIpc) is 2.66. The highest BCUT2D eigenvalue weighted by atomic mass is 16.5. The number of rotatable bonds is 2. The zero-order chi connectivity index (χ0) is 16.8. The molecule has 2 aromatic rings. The van der Waals surface area contributed by atoms with E-state index in [4.69, 9.17) is 9.47 Å². The highest BCUT2D eigenvalue weighted by Crippen LogP contribution is 2.52. The summed E-state index contributed by atoms with van der Waals surface area (Å²) in [5.74, 6) is -2.14. The molecule has 2 bridgehead atoms. The van der Waals surface area contributed by atoms with Gasteiger partial charge in [0.1, 0.15) is 5.92 Å². The zero-order valence-electron chi connectivity index (χ0n) is 13.5. The van der Waals surface area contributed by atoms with Gasteiger partial charge < -0.3 is 9.47 Å². The summed E-state index contributed by atoms with van der Waals surface area (Å²) in [6.07, 6.45) is 1.96.